The van der Waals surface area contributed by atoms with Crippen molar-refractivity contribution in [3.8, 4) is 5.75 Å². The molecule has 0 saturated carbocycles. The van der Waals surface area contributed by atoms with Gasteiger partial charge in [0, 0.05) is 31.6 Å². The summed E-state index contributed by atoms with van der Waals surface area (Å²) in [6.07, 6.45) is 2.01. The summed E-state index contributed by atoms with van der Waals surface area (Å²) >= 11 is 0. The van der Waals surface area contributed by atoms with Crippen molar-refractivity contribution in [1.82, 2.24) is 10.2 Å². The Kier molecular flexibility index (Phi) is 5.89. The average molecular weight is 341 g/mol. The molecule has 0 spiro atoms. The molecule has 1 heterocycles. The fourth-order valence-electron chi connectivity index (χ4n) is 3.64. The van der Waals surface area contributed by atoms with Crippen molar-refractivity contribution in [2.24, 2.45) is 11.7 Å². The molecule has 1 amide bonds. The lowest BCUT2D eigenvalue weighted by Gasteiger charge is -2.32. The number of nitrogens with zero attached hydrogens (tertiary/aromatic N) is 1. The summed E-state index contributed by atoms with van der Waals surface area (Å²) < 4.78 is 5.48. The molecule has 1 unspecified atom stereocenters. The van der Waals surface area contributed by atoms with Crippen LogP contribution in [0.4, 0.5) is 0 Å². The van der Waals surface area contributed by atoms with Crippen LogP contribution in [0.15, 0.2) is 36.4 Å². The number of nitrogens with two attached hydrogens (primary N) is 1. The molecule has 1 atom stereocenters. The lowest BCUT2D eigenvalue weighted by Crippen LogP contribution is -2.43. The van der Waals surface area contributed by atoms with E-state index < -0.39 is 0 Å². The summed E-state index contributed by atoms with van der Waals surface area (Å²) in [5.41, 5.74) is 6.75. The summed E-state index contributed by atoms with van der Waals surface area (Å²) in [4.78, 5) is 14.6. The molecule has 2 aromatic carbocycles. The van der Waals surface area contributed by atoms with E-state index in [1.165, 1.54) is 10.9 Å². The van der Waals surface area contributed by atoms with Gasteiger partial charge in [-0.2, -0.15) is 0 Å². The van der Waals surface area contributed by atoms with Gasteiger partial charge in [-0.3, -0.25) is 9.69 Å². The van der Waals surface area contributed by atoms with Gasteiger partial charge in [-0.05, 0) is 36.4 Å². The van der Waals surface area contributed by atoms with E-state index in [1.807, 2.05) is 12.1 Å². The minimum Gasteiger partial charge on any atom is -0.496 e. The highest BCUT2D eigenvalue weighted by Gasteiger charge is 2.25. The largest absolute Gasteiger partial charge is 0.496 e. The average Bonchev–Trinajstić information content (AvgIpc) is 2.66. The molecule has 0 aliphatic carbocycles. The van der Waals surface area contributed by atoms with Crippen LogP contribution in [0.1, 0.15) is 18.4 Å². The van der Waals surface area contributed by atoms with Crippen LogP contribution in [0.5, 0.6) is 5.75 Å². The Morgan fingerprint density at radius 2 is 2.08 bits per heavy atom. The van der Waals surface area contributed by atoms with E-state index >= 15 is 0 Å². The zero-order valence-electron chi connectivity index (χ0n) is 14.8. The molecule has 3 N–H and O–H groups in total. The zero-order chi connectivity index (χ0) is 17.6. The van der Waals surface area contributed by atoms with Crippen molar-refractivity contribution in [2.45, 2.75) is 19.4 Å². The van der Waals surface area contributed by atoms with Crippen molar-refractivity contribution in [2.75, 3.05) is 33.3 Å². The van der Waals surface area contributed by atoms with Gasteiger partial charge < -0.3 is 15.8 Å². The SMILES string of the molecule is COc1ccc(CN2CCCC(C(=O)NCCN)C2)c2ccccc12. The van der Waals surface area contributed by atoms with Crippen LogP contribution in [0.25, 0.3) is 10.8 Å². The van der Waals surface area contributed by atoms with Crippen molar-refractivity contribution in [1.29, 1.82) is 0 Å². The Balaban J connectivity index is 1.74. The molecule has 1 aliphatic heterocycles. The van der Waals surface area contributed by atoms with Crippen LogP contribution in [-0.4, -0.2) is 44.1 Å². The first-order valence-corrected chi connectivity index (χ1v) is 8.97. The smallest absolute Gasteiger partial charge is 0.224 e. The number of carbonyl (C=O) groups is 1. The van der Waals surface area contributed by atoms with E-state index in [1.54, 1.807) is 7.11 Å². The third-order valence-corrected chi connectivity index (χ3v) is 4.91. The monoisotopic (exact) mass is 341 g/mol. The molecule has 1 aliphatic rings. The normalized spacial score (nSPS) is 18.2. The molecular weight excluding hydrogens is 314 g/mol. The minimum atomic E-state index is 0.0600. The lowest BCUT2D eigenvalue weighted by atomic mass is 9.96. The second-order valence-electron chi connectivity index (χ2n) is 6.63. The molecule has 0 radical (unpaired) electrons. The van der Waals surface area contributed by atoms with Crippen molar-refractivity contribution < 1.29 is 9.53 Å². The predicted molar refractivity (Wildman–Crippen MR) is 101 cm³/mol. The number of benzene rings is 2. The third-order valence-electron chi connectivity index (χ3n) is 4.91. The van der Waals surface area contributed by atoms with Gasteiger partial charge >= 0.3 is 0 Å². The van der Waals surface area contributed by atoms with Gasteiger partial charge in [0.2, 0.25) is 5.91 Å². The maximum absolute atomic E-state index is 12.2. The highest BCUT2D eigenvalue weighted by atomic mass is 16.5. The summed E-state index contributed by atoms with van der Waals surface area (Å²) in [5.74, 6) is 1.09. The number of ether oxygens (including phenoxy) is 1. The van der Waals surface area contributed by atoms with Crippen LogP contribution in [-0.2, 0) is 11.3 Å². The lowest BCUT2D eigenvalue weighted by molar-refractivity contribution is -0.126. The summed E-state index contributed by atoms with van der Waals surface area (Å²) in [5, 5.41) is 5.28. The van der Waals surface area contributed by atoms with Gasteiger partial charge in [-0.25, -0.2) is 0 Å². The molecule has 2 aromatic rings. The fraction of sp³-hybridized carbons (Fsp3) is 0.450. The van der Waals surface area contributed by atoms with E-state index in [0.717, 1.165) is 43.6 Å². The maximum Gasteiger partial charge on any atom is 0.224 e. The molecule has 0 bridgehead atoms. The predicted octanol–water partition coefficient (Wildman–Crippen LogP) is 2.14. The van der Waals surface area contributed by atoms with Crippen molar-refractivity contribution >= 4 is 16.7 Å². The number of carbonyl (C=O) groups excluding carboxylic acids is 1. The van der Waals surface area contributed by atoms with Crippen molar-refractivity contribution in [3.05, 3.63) is 42.0 Å². The summed E-state index contributed by atoms with van der Waals surface area (Å²) in [6.45, 7) is 3.72. The molecule has 134 valence electrons. The Morgan fingerprint density at radius 3 is 2.84 bits per heavy atom. The molecule has 3 rings (SSSR count). The summed E-state index contributed by atoms with van der Waals surface area (Å²) in [7, 11) is 1.70. The van der Waals surface area contributed by atoms with Gasteiger partial charge in [0.25, 0.3) is 0 Å². The molecule has 25 heavy (non-hydrogen) atoms. The van der Waals surface area contributed by atoms with Crippen LogP contribution in [0.2, 0.25) is 0 Å². The van der Waals surface area contributed by atoms with Gasteiger partial charge in [-0.1, -0.05) is 30.3 Å². The highest BCUT2D eigenvalue weighted by molar-refractivity contribution is 5.91. The number of fused-ring (bicyclic) bond motifs is 1. The Hall–Kier alpha value is -2.11. The topological polar surface area (TPSA) is 67.6 Å². The van der Waals surface area contributed by atoms with E-state index in [9.17, 15) is 4.79 Å². The third kappa shape index (κ3) is 4.11. The van der Waals surface area contributed by atoms with Crippen LogP contribution in [0.3, 0.4) is 0 Å². The number of piperidine rings is 1. The second-order valence-corrected chi connectivity index (χ2v) is 6.63. The zero-order valence-corrected chi connectivity index (χ0v) is 14.8. The Bertz CT molecular complexity index is 732. The van der Waals surface area contributed by atoms with E-state index in [2.05, 4.69) is 34.5 Å². The number of likely N-dealkylation sites (tertiary alicyclic amines) is 1. The van der Waals surface area contributed by atoms with Gasteiger partial charge in [0.15, 0.2) is 0 Å². The highest BCUT2D eigenvalue weighted by Crippen LogP contribution is 2.30. The quantitative estimate of drug-likeness (QED) is 0.845. The maximum atomic E-state index is 12.2. The van der Waals surface area contributed by atoms with Crippen molar-refractivity contribution in [3.63, 3.8) is 0 Å². The Morgan fingerprint density at radius 1 is 1.28 bits per heavy atom. The fourth-order valence-corrected chi connectivity index (χ4v) is 3.64. The van der Waals surface area contributed by atoms with E-state index in [4.69, 9.17) is 10.5 Å². The number of rotatable bonds is 6. The number of methoxy groups -OCH3 is 1. The molecule has 1 saturated heterocycles. The molecule has 0 aromatic heterocycles. The minimum absolute atomic E-state index is 0.0600. The van der Waals surface area contributed by atoms with Crippen LogP contribution < -0.4 is 15.8 Å². The first kappa shape index (κ1) is 17.7. The van der Waals surface area contributed by atoms with Gasteiger partial charge in [-0.15, -0.1) is 0 Å². The van der Waals surface area contributed by atoms with Gasteiger partial charge in [0.05, 0.1) is 13.0 Å². The second kappa shape index (κ2) is 8.32. The number of nitrogens with one attached hydrogen (secondary N) is 1. The van der Waals surface area contributed by atoms with Crippen LogP contribution >= 0.6 is 0 Å². The van der Waals surface area contributed by atoms with E-state index in [0.29, 0.717) is 13.1 Å². The summed E-state index contributed by atoms with van der Waals surface area (Å²) in [6, 6.07) is 12.5. The number of hydrogen-bond acceptors (Lipinski definition) is 4. The molecular formula is C20H27N3O2. The molecule has 1 fully saturated rings. The van der Waals surface area contributed by atoms with E-state index in [-0.39, 0.29) is 11.8 Å². The number of amides is 1. The first-order valence-electron chi connectivity index (χ1n) is 8.97. The molecule has 5 heteroatoms. The standard InChI is InChI=1S/C20H27N3O2/c1-25-19-9-8-15(17-6-2-3-7-18(17)19)13-23-12-4-5-16(14-23)20(24)22-11-10-21/h2-3,6-9,16H,4-5,10-14,21H2,1H3,(H,22,24). The molecule has 5 nitrogen and oxygen atoms in total. The Labute approximate surface area is 149 Å². The van der Waals surface area contributed by atoms with Gasteiger partial charge in [0.1, 0.15) is 5.75 Å². The number of hydrogen-bond donors (Lipinski definition) is 2. The first-order chi connectivity index (χ1) is 12.2. The van der Waals surface area contributed by atoms with Crippen LogP contribution in [0, 0.1) is 5.92 Å².